The van der Waals surface area contributed by atoms with E-state index in [9.17, 15) is 4.79 Å². The fourth-order valence-corrected chi connectivity index (χ4v) is 3.35. The van der Waals surface area contributed by atoms with Crippen molar-refractivity contribution in [2.24, 2.45) is 5.73 Å². The van der Waals surface area contributed by atoms with Crippen molar-refractivity contribution < 1.29 is 4.79 Å². The molecular formula is C15H23ClN2OS. The van der Waals surface area contributed by atoms with Crippen molar-refractivity contribution in [2.45, 2.75) is 43.7 Å². The minimum absolute atomic E-state index is 0.293. The number of hydrogen-bond acceptors (Lipinski definition) is 3. The van der Waals surface area contributed by atoms with Crippen LogP contribution in [0.3, 0.4) is 0 Å². The quantitative estimate of drug-likeness (QED) is 0.774. The zero-order valence-electron chi connectivity index (χ0n) is 12.3. The van der Waals surface area contributed by atoms with Gasteiger partial charge in [0.1, 0.15) is 0 Å². The number of likely N-dealkylation sites (N-methyl/N-ethyl adjacent to an activating group) is 1. The molecular weight excluding hydrogens is 292 g/mol. The number of amides is 1. The van der Waals surface area contributed by atoms with Gasteiger partial charge in [0, 0.05) is 16.0 Å². The summed E-state index contributed by atoms with van der Waals surface area (Å²) in [5.41, 5.74) is 6.10. The van der Waals surface area contributed by atoms with Crippen LogP contribution in [-0.2, 0) is 10.5 Å². The van der Waals surface area contributed by atoms with Crippen molar-refractivity contribution in [2.75, 3.05) is 6.54 Å². The third kappa shape index (κ3) is 5.35. The highest BCUT2D eigenvalue weighted by Gasteiger charge is 2.31. The maximum Gasteiger partial charge on any atom is 0.237 e. The largest absolute Gasteiger partial charge is 0.368 e. The Morgan fingerprint density at radius 3 is 2.55 bits per heavy atom. The van der Waals surface area contributed by atoms with Crippen molar-refractivity contribution in [3.8, 4) is 0 Å². The number of primary amides is 1. The molecule has 0 aliphatic rings. The van der Waals surface area contributed by atoms with E-state index in [2.05, 4.69) is 12.2 Å². The van der Waals surface area contributed by atoms with E-state index in [4.69, 9.17) is 17.3 Å². The molecule has 1 aromatic carbocycles. The Kier molecular flexibility index (Phi) is 6.86. The summed E-state index contributed by atoms with van der Waals surface area (Å²) in [6.07, 6.45) is 0.717. The Hall–Kier alpha value is -0.710. The topological polar surface area (TPSA) is 55.1 Å². The van der Waals surface area contributed by atoms with Gasteiger partial charge in [-0.1, -0.05) is 37.6 Å². The first kappa shape index (κ1) is 17.3. The van der Waals surface area contributed by atoms with Gasteiger partial charge in [0.2, 0.25) is 5.91 Å². The third-order valence-corrected chi connectivity index (χ3v) is 4.74. The summed E-state index contributed by atoms with van der Waals surface area (Å²) in [4.78, 5) is 11.6. The first-order chi connectivity index (χ1) is 9.37. The van der Waals surface area contributed by atoms with Crippen LogP contribution in [0.2, 0.25) is 5.02 Å². The van der Waals surface area contributed by atoms with E-state index in [1.165, 1.54) is 5.56 Å². The standard InChI is InChI=1S/C15H23ClN2OS/c1-4-18-15(3,14(17)19)9-11(2)20-10-12-5-7-13(16)8-6-12/h5-8,11,18H,4,9-10H2,1-3H3,(H2,17,19). The third-order valence-electron chi connectivity index (χ3n) is 3.25. The predicted octanol–water partition coefficient (Wildman–Crippen LogP) is 3.21. The fraction of sp³-hybridized carbons (Fsp3) is 0.533. The molecule has 1 aromatic rings. The maximum absolute atomic E-state index is 11.6. The van der Waals surface area contributed by atoms with Crippen LogP contribution in [0.5, 0.6) is 0 Å². The zero-order chi connectivity index (χ0) is 15.2. The molecule has 0 aromatic heterocycles. The van der Waals surface area contributed by atoms with Gasteiger partial charge in [-0.25, -0.2) is 0 Å². The lowest BCUT2D eigenvalue weighted by molar-refractivity contribution is -0.124. The second kappa shape index (κ2) is 7.91. The lowest BCUT2D eigenvalue weighted by Gasteiger charge is -2.29. The van der Waals surface area contributed by atoms with Gasteiger partial charge in [-0.2, -0.15) is 11.8 Å². The molecule has 0 fully saturated rings. The van der Waals surface area contributed by atoms with Crippen molar-refractivity contribution in [3.05, 3.63) is 34.9 Å². The first-order valence-electron chi connectivity index (χ1n) is 6.78. The highest BCUT2D eigenvalue weighted by Crippen LogP contribution is 2.25. The average molecular weight is 315 g/mol. The lowest BCUT2D eigenvalue weighted by Crippen LogP contribution is -2.54. The van der Waals surface area contributed by atoms with Crippen LogP contribution in [0.25, 0.3) is 0 Å². The number of benzene rings is 1. The van der Waals surface area contributed by atoms with Gasteiger partial charge in [-0.15, -0.1) is 0 Å². The Balaban J connectivity index is 2.51. The van der Waals surface area contributed by atoms with Crippen LogP contribution >= 0.6 is 23.4 Å². The molecule has 3 N–H and O–H groups in total. The van der Waals surface area contributed by atoms with Crippen molar-refractivity contribution >= 4 is 29.3 Å². The molecule has 1 rings (SSSR count). The number of hydrogen-bond donors (Lipinski definition) is 2. The first-order valence-corrected chi connectivity index (χ1v) is 8.21. The molecule has 0 aliphatic heterocycles. The Bertz CT molecular complexity index is 438. The smallest absolute Gasteiger partial charge is 0.237 e. The van der Waals surface area contributed by atoms with Crippen molar-refractivity contribution in [1.29, 1.82) is 0 Å². The second-order valence-electron chi connectivity index (χ2n) is 5.18. The number of carbonyl (C=O) groups is 1. The van der Waals surface area contributed by atoms with Gasteiger partial charge >= 0.3 is 0 Å². The van der Waals surface area contributed by atoms with Gasteiger partial charge in [-0.05, 0) is 37.6 Å². The minimum Gasteiger partial charge on any atom is -0.368 e. The molecule has 2 atom stereocenters. The van der Waals surface area contributed by atoms with Crippen LogP contribution < -0.4 is 11.1 Å². The normalized spacial score (nSPS) is 15.6. The van der Waals surface area contributed by atoms with Gasteiger partial charge in [0.05, 0.1) is 5.54 Å². The number of thioether (sulfide) groups is 1. The molecule has 1 amide bonds. The molecule has 2 unspecified atom stereocenters. The van der Waals surface area contributed by atoms with E-state index >= 15 is 0 Å². The number of nitrogens with one attached hydrogen (secondary N) is 1. The molecule has 0 heterocycles. The Labute approximate surface area is 130 Å². The maximum atomic E-state index is 11.6. The monoisotopic (exact) mass is 314 g/mol. The molecule has 0 aliphatic carbocycles. The highest BCUT2D eigenvalue weighted by molar-refractivity contribution is 7.99. The molecule has 0 bridgehead atoms. The number of nitrogens with two attached hydrogens (primary N) is 1. The molecule has 0 radical (unpaired) electrons. The predicted molar refractivity (Wildman–Crippen MR) is 88.1 cm³/mol. The molecule has 20 heavy (non-hydrogen) atoms. The second-order valence-corrected chi connectivity index (χ2v) is 7.04. The van der Waals surface area contributed by atoms with Crippen molar-refractivity contribution in [3.63, 3.8) is 0 Å². The van der Waals surface area contributed by atoms with E-state index in [-0.39, 0.29) is 5.91 Å². The molecule has 0 saturated carbocycles. The van der Waals surface area contributed by atoms with Gasteiger partial charge in [0.25, 0.3) is 0 Å². The van der Waals surface area contributed by atoms with Crippen LogP contribution in [0.15, 0.2) is 24.3 Å². The summed E-state index contributed by atoms with van der Waals surface area (Å²) in [5.74, 6) is 0.609. The molecule has 112 valence electrons. The zero-order valence-corrected chi connectivity index (χ0v) is 13.9. The summed E-state index contributed by atoms with van der Waals surface area (Å²) in [6.45, 7) is 6.71. The summed E-state index contributed by atoms with van der Waals surface area (Å²) >= 11 is 7.68. The van der Waals surface area contributed by atoms with Crippen LogP contribution in [0.4, 0.5) is 0 Å². The van der Waals surface area contributed by atoms with E-state index in [1.807, 2.05) is 49.9 Å². The molecule has 0 saturated heterocycles. The van der Waals surface area contributed by atoms with Gasteiger partial charge in [0.15, 0.2) is 0 Å². The lowest BCUT2D eigenvalue weighted by atomic mass is 9.95. The summed E-state index contributed by atoms with van der Waals surface area (Å²) in [5, 5.41) is 4.28. The SMILES string of the molecule is CCNC(C)(CC(C)SCc1ccc(Cl)cc1)C(N)=O. The number of halogens is 1. The summed E-state index contributed by atoms with van der Waals surface area (Å²) < 4.78 is 0. The van der Waals surface area contributed by atoms with Crippen LogP contribution in [-0.4, -0.2) is 23.2 Å². The summed E-state index contributed by atoms with van der Waals surface area (Å²) in [6, 6.07) is 7.85. The van der Waals surface area contributed by atoms with Crippen molar-refractivity contribution in [1.82, 2.24) is 5.32 Å². The minimum atomic E-state index is -0.638. The Morgan fingerprint density at radius 1 is 1.45 bits per heavy atom. The van der Waals surface area contributed by atoms with E-state index in [0.29, 0.717) is 11.7 Å². The van der Waals surface area contributed by atoms with Gasteiger partial charge < -0.3 is 11.1 Å². The molecule has 3 nitrogen and oxygen atoms in total. The molecule has 5 heteroatoms. The van der Waals surface area contributed by atoms with Crippen LogP contribution in [0.1, 0.15) is 32.8 Å². The highest BCUT2D eigenvalue weighted by atomic mass is 35.5. The van der Waals surface area contributed by atoms with E-state index in [0.717, 1.165) is 17.3 Å². The average Bonchev–Trinajstić information content (AvgIpc) is 2.38. The number of rotatable bonds is 8. The van der Waals surface area contributed by atoms with E-state index in [1.54, 1.807) is 0 Å². The van der Waals surface area contributed by atoms with Gasteiger partial charge in [-0.3, -0.25) is 4.79 Å². The van der Waals surface area contributed by atoms with Crippen LogP contribution in [0, 0.1) is 0 Å². The summed E-state index contributed by atoms with van der Waals surface area (Å²) in [7, 11) is 0. The molecule has 0 spiro atoms. The Morgan fingerprint density at radius 2 is 2.05 bits per heavy atom. The number of carbonyl (C=O) groups excluding carboxylic acids is 1. The fourth-order valence-electron chi connectivity index (χ4n) is 2.10. The van der Waals surface area contributed by atoms with E-state index < -0.39 is 5.54 Å².